The van der Waals surface area contributed by atoms with E-state index in [0.717, 1.165) is 61.1 Å². The molecule has 0 saturated heterocycles. The Morgan fingerprint density at radius 3 is 2.44 bits per heavy atom. The quantitative estimate of drug-likeness (QED) is 0.217. The monoisotopic (exact) mass is 527 g/mol. The topological polar surface area (TPSA) is 79.8 Å². The van der Waals surface area contributed by atoms with E-state index in [4.69, 9.17) is 8.83 Å². The zero-order valence-electron chi connectivity index (χ0n) is 23.5. The summed E-state index contributed by atoms with van der Waals surface area (Å²) in [5, 5.41) is 0.808. The van der Waals surface area contributed by atoms with Crippen molar-refractivity contribution in [3.8, 4) is 11.5 Å². The third kappa shape index (κ3) is 5.22. The molecule has 5 rings (SSSR count). The molecule has 0 spiro atoms. The number of oxazole rings is 1. The van der Waals surface area contributed by atoms with Crippen LogP contribution in [0.25, 0.3) is 39.1 Å². The SMILES string of the molecule is CCCN(CCC)C(=O)CCCN1c2cc3oc(=O)c(-c4nc5ccccc5o4)cc3cc2C(C)=CC1(C)C. The standard InChI is InChI=1S/C32H37N3O4/c1-6-14-34(15-7-2)29(36)13-10-16-35-26-19-28-22(17-23(26)21(3)20-32(35,4)5)18-24(31(37)39-28)30-33-25-11-8-9-12-27(25)38-30/h8-9,11-12,17-20H,6-7,10,13-16H2,1-5H3. The van der Waals surface area contributed by atoms with Crippen molar-refractivity contribution in [1.82, 2.24) is 9.88 Å². The molecule has 0 unspecified atom stereocenters. The third-order valence-electron chi connectivity index (χ3n) is 7.47. The van der Waals surface area contributed by atoms with E-state index in [2.05, 4.69) is 56.6 Å². The van der Waals surface area contributed by atoms with E-state index >= 15 is 0 Å². The lowest BCUT2D eigenvalue weighted by molar-refractivity contribution is -0.131. The van der Waals surface area contributed by atoms with E-state index in [1.165, 1.54) is 0 Å². The molecule has 204 valence electrons. The normalized spacial score (nSPS) is 14.5. The Morgan fingerprint density at radius 1 is 1.00 bits per heavy atom. The first-order valence-corrected chi connectivity index (χ1v) is 13.9. The molecule has 0 N–H and O–H groups in total. The van der Waals surface area contributed by atoms with E-state index in [9.17, 15) is 9.59 Å². The van der Waals surface area contributed by atoms with Gasteiger partial charge in [0.1, 0.15) is 16.7 Å². The summed E-state index contributed by atoms with van der Waals surface area (Å²) in [6, 6.07) is 13.3. The van der Waals surface area contributed by atoms with Crippen LogP contribution in [0.3, 0.4) is 0 Å². The Bertz CT molecular complexity index is 1570. The lowest BCUT2D eigenvalue weighted by atomic mass is 9.87. The highest BCUT2D eigenvalue weighted by Gasteiger charge is 2.32. The zero-order valence-corrected chi connectivity index (χ0v) is 23.5. The Balaban J connectivity index is 1.46. The highest BCUT2D eigenvalue weighted by atomic mass is 16.4. The second-order valence-corrected chi connectivity index (χ2v) is 11.0. The van der Waals surface area contributed by atoms with Crippen LogP contribution in [0.15, 0.2) is 62.2 Å². The number of amides is 1. The molecule has 7 nitrogen and oxygen atoms in total. The zero-order chi connectivity index (χ0) is 27.7. The molecule has 0 bridgehead atoms. The second-order valence-electron chi connectivity index (χ2n) is 11.0. The van der Waals surface area contributed by atoms with Crippen LogP contribution in [-0.2, 0) is 4.79 Å². The van der Waals surface area contributed by atoms with Gasteiger partial charge < -0.3 is 18.6 Å². The molecule has 0 fully saturated rings. The Labute approximate surface area is 229 Å². The molecule has 1 aliphatic heterocycles. The van der Waals surface area contributed by atoms with Crippen LogP contribution in [0.5, 0.6) is 0 Å². The molecule has 3 heterocycles. The largest absolute Gasteiger partial charge is 0.436 e. The minimum Gasteiger partial charge on any atom is -0.436 e. The number of allylic oxidation sites excluding steroid dienone is 1. The molecule has 0 radical (unpaired) electrons. The second kappa shape index (κ2) is 10.7. The molecule has 0 atom stereocenters. The van der Waals surface area contributed by atoms with Crippen LogP contribution in [0.1, 0.15) is 65.9 Å². The molecule has 1 aliphatic rings. The van der Waals surface area contributed by atoms with Crippen molar-refractivity contribution in [2.45, 2.75) is 65.8 Å². The Morgan fingerprint density at radius 2 is 1.72 bits per heavy atom. The van der Waals surface area contributed by atoms with Crippen molar-refractivity contribution < 1.29 is 13.6 Å². The fourth-order valence-electron chi connectivity index (χ4n) is 5.68. The minimum atomic E-state index is -0.486. The highest BCUT2D eigenvalue weighted by molar-refractivity contribution is 5.93. The average Bonchev–Trinajstić information content (AvgIpc) is 3.33. The summed E-state index contributed by atoms with van der Waals surface area (Å²) in [6.45, 7) is 13.0. The van der Waals surface area contributed by atoms with Crippen LogP contribution in [0.4, 0.5) is 5.69 Å². The number of nitrogens with zero attached hydrogens (tertiary/aromatic N) is 3. The highest BCUT2D eigenvalue weighted by Crippen LogP contribution is 2.41. The van der Waals surface area contributed by atoms with Gasteiger partial charge in [-0.2, -0.15) is 0 Å². The van der Waals surface area contributed by atoms with Gasteiger partial charge in [-0.1, -0.05) is 32.1 Å². The number of aromatic nitrogens is 1. The summed E-state index contributed by atoms with van der Waals surface area (Å²) in [5.74, 6) is 0.473. The average molecular weight is 528 g/mol. The van der Waals surface area contributed by atoms with Gasteiger partial charge >= 0.3 is 5.63 Å². The number of rotatable bonds is 9. The predicted octanol–water partition coefficient (Wildman–Crippen LogP) is 7.03. The summed E-state index contributed by atoms with van der Waals surface area (Å²) < 4.78 is 11.7. The Hall–Kier alpha value is -3.87. The van der Waals surface area contributed by atoms with Gasteiger partial charge in [-0.05, 0) is 69.9 Å². The van der Waals surface area contributed by atoms with Gasteiger partial charge in [0.05, 0.1) is 5.54 Å². The van der Waals surface area contributed by atoms with Crippen LogP contribution in [0, 0.1) is 0 Å². The van der Waals surface area contributed by atoms with Crippen LogP contribution < -0.4 is 10.5 Å². The predicted molar refractivity (Wildman–Crippen MR) is 157 cm³/mol. The minimum absolute atomic E-state index is 0.219. The summed E-state index contributed by atoms with van der Waals surface area (Å²) in [7, 11) is 0. The summed E-state index contributed by atoms with van der Waals surface area (Å²) in [5.41, 5.74) is 4.66. The number of fused-ring (bicyclic) bond motifs is 3. The van der Waals surface area contributed by atoms with Crippen molar-refractivity contribution in [2.24, 2.45) is 0 Å². The maximum absolute atomic E-state index is 13.0. The first-order chi connectivity index (χ1) is 18.7. The number of carbonyl (C=O) groups is 1. The smallest absolute Gasteiger partial charge is 0.349 e. The molecule has 0 aliphatic carbocycles. The van der Waals surface area contributed by atoms with E-state index in [0.29, 0.717) is 28.7 Å². The van der Waals surface area contributed by atoms with Gasteiger partial charge in [0, 0.05) is 48.8 Å². The first-order valence-electron chi connectivity index (χ1n) is 13.9. The van der Waals surface area contributed by atoms with E-state index in [1.54, 1.807) is 6.07 Å². The number of para-hydroxylation sites is 2. The van der Waals surface area contributed by atoms with Crippen molar-refractivity contribution in [3.05, 3.63) is 64.5 Å². The lowest BCUT2D eigenvalue weighted by Gasteiger charge is -2.43. The fourth-order valence-corrected chi connectivity index (χ4v) is 5.68. The van der Waals surface area contributed by atoms with E-state index < -0.39 is 5.63 Å². The van der Waals surface area contributed by atoms with Gasteiger partial charge in [-0.25, -0.2) is 9.78 Å². The van der Waals surface area contributed by atoms with Crippen molar-refractivity contribution in [3.63, 3.8) is 0 Å². The number of hydrogen-bond acceptors (Lipinski definition) is 6. The summed E-state index contributed by atoms with van der Waals surface area (Å²) in [6.07, 6.45) is 5.46. The van der Waals surface area contributed by atoms with Crippen LogP contribution in [0.2, 0.25) is 0 Å². The maximum Gasteiger partial charge on any atom is 0.349 e. The van der Waals surface area contributed by atoms with Crippen LogP contribution in [-0.4, -0.2) is 41.0 Å². The first kappa shape index (κ1) is 26.7. The molecule has 4 aromatic rings. The van der Waals surface area contributed by atoms with E-state index in [1.807, 2.05) is 35.2 Å². The van der Waals surface area contributed by atoms with Crippen LogP contribution >= 0.6 is 0 Å². The van der Waals surface area contributed by atoms with Gasteiger partial charge in [0.25, 0.3) is 0 Å². The molecular formula is C32H37N3O4. The molecular weight excluding hydrogens is 490 g/mol. The molecule has 1 amide bonds. The number of hydrogen-bond donors (Lipinski definition) is 0. The number of carbonyl (C=O) groups excluding carboxylic acids is 1. The van der Waals surface area contributed by atoms with Crippen molar-refractivity contribution in [1.29, 1.82) is 0 Å². The van der Waals surface area contributed by atoms with E-state index in [-0.39, 0.29) is 17.3 Å². The molecule has 39 heavy (non-hydrogen) atoms. The summed E-state index contributed by atoms with van der Waals surface area (Å²) in [4.78, 5) is 34.7. The summed E-state index contributed by atoms with van der Waals surface area (Å²) >= 11 is 0. The van der Waals surface area contributed by atoms with Gasteiger partial charge in [0.15, 0.2) is 5.58 Å². The van der Waals surface area contributed by atoms with Gasteiger partial charge in [-0.3, -0.25) is 4.79 Å². The number of benzene rings is 2. The van der Waals surface area contributed by atoms with Gasteiger partial charge in [-0.15, -0.1) is 0 Å². The lowest BCUT2D eigenvalue weighted by Crippen LogP contribution is -2.46. The molecule has 7 heteroatoms. The number of anilines is 1. The van der Waals surface area contributed by atoms with Crippen molar-refractivity contribution >= 4 is 39.2 Å². The fraction of sp³-hybridized carbons (Fsp3) is 0.406. The van der Waals surface area contributed by atoms with Gasteiger partial charge in [0.2, 0.25) is 11.8 Å². The maximum atomic E-state index is 13.0. The molecule has 2 aromatic carbocycles. The third-order valence-corrected chi connectivity index (χ3v) is 7.47. The molecule has 2 aromatic heterocycles. The van der Waals surface area contributed by atoms with Crippen molar-refractivity contribution in [2.75, 3.05) is 24.5 Å². The molecule has 0 saturated carbocycles. The Kier molecular flexibility index (Phi) is 7.34.